The van der Waals surface area contributed by atoms with Crippen LogP contribution in [0.1, 0.15) is 84.5 Å². The number of carbonyl (C=O) groups excluding carboxylic acids is 2. The summed E-state index contributed by atoms with van der Waals surface area (Å²) < 4.78 is 0. The number of hydrogen-bond acceptors (Lipinski definition) is 4. The van der Waals surface area contributed by atoms with Gasteiger partial charge in [-0.2, -0.15) is 0 Å². The number of carboxylic acid groups (broad SMARTS) is 2. The summed E-state index contributed by atoms with van der Waals surface area (Å²) in [5.41, 5.74) is 3.83. The molecule has 0 aromatic heterocycles. The first kappa shape index (κ1) is 25.8. The molecule has 0 unspecified atom stereocenters. The van der Waals surface area contributed by atoms with Crippen molar-refractivity contribution in [1.82, 2.24) is 5.32 Å². The Morgan fingerprint density at radius 1 is 0.879 bits per heavy atom. The van der Waals surface area contributed by atoms with Crippen LogP contribution < -0.4 is 5.32 Å². The molecule has 1 heterocycles. The highest BCUT2D eigenvalue weighted by Crippen LogP contribution is 2.26. The van der Waals surface area contributed by atoms with Crippen LogP contribution in [0.25, 0.3) is 0 Å². The van der Waals surface area contributed by atoms with Crippen molar-refractivity contribution in [3.63, 3.8) is 0 Å². The summed E-state index contributed by atoms with van der Waals surface area (Å²) in [6.07, 6.45) is 0.0244. The zero-order valence-corrected chi connectivity index (χ0v) is 19.9. The summed E-state index contributed by atoms with van der Waals surface area (Å²) in [5.74, 6) is -2.63. The predicted molar refractivity (Wildman–Crippen MR) is 125 cm³/mol. The van der Waals surface area contributed by atoms with Crippen LogP contribution in [-0.4, -0.2) is 34.0 Å². The van der Waals surface area contributed by atoms with Crippen LogP contribution in [-0.2, 0) is 33.3 Å². The van der Waals surface area contributed by atoms with E-state index in [2.05, 4.69) is 26.1 Å². The molecule has 0 aliphatic carbocycles. The van der Waals surface area contributed by atoms with Gasteiger partial charge < -0.3 is 10.2 Å². The SMILES string of the molecule is CC(C)(C)c1ccc(C(=O)O)c(CC(=O)O)c1.CC(C)(C)c1ccc2c(c1)CC(=O)NC2=O. The number of amides is 2. The number of nitrogens with one attached hydrogen (secondary N) is 1. The molecular formula is C26H31NO6. The molecule has 2 aromatic rings. The number of aliphatic carboxylic acids is 1. The molecule has 176 valence electrons. The number of fused-ring (bicyclic) bond motifs is 1. The van der Waals surface area contributed by atoms with E-state index in [1.807, 2.05) is 32.9 Å². The van der Waals surface area contributed by atoms with E-state index in [1.165, 1.54) is 6.07 Å². The average Bonchev–Trinajstić information content (AvgIpc) is 2.65. The van der Waals surface area contributed by atoms with Crippen LogP contribution in [0.2, 0.25) is 0 Å². The first-order valence-electron chi connectivity index (χ1n) is 10.7. The standard InChI is InChI=1S/C13H15NO2.C13H16O4/c1-13(2,3)9-4-5-10-8(6-9)7-11(15)14-12(10)16;1-13(2,3)9-4-5-10(12(16)17)8(6-9)7-11(14)15/h4-6H,7H2,1-3H3,(H,14,15,16);4-6H,7H2,1-3H3,(H,14,15)(H,16,17). The molecule has 0 saturated carbocycles. The number of carboxylic acids is 2. The van der Waals surface area contributed by atoms with Crippen LogP contribution in [0, 0.1) is 0 Å². The van der Waals surface area contributed by atoms with Gasteiger partial charge in [-0.25, -0.2) is 4.79 Å². The fourth-order valence-corrected chi connectivity index (χ4v) is 3.42. The quantitative estimate of drug-likeness (QED) is 0.602. The summed E-state index contributed by atoms with van der Waals surface area (Å²) >= 11 is 0. The topological polar surface area (TPSA) is 121 Å². The molecule has 0 fully saturated rings. The van der Waals surface area contributed by atoms with Gasteiger partial charge >= 0.3 is 11.9 Å². The highest BCUT2D eigenvalue weighted by Gasteiger charge is 2.24. The fraction of sp³-hybridized carbons (Fsp3) is 0.385. The van der Waals surface area contributed by atoms with E-state index in [4.69, 9.17) is 10.2 Å². The average molecular weight is 454 g/mol. The van der Waals surface area contributed by atoms with Gasteiger partial charge in [0.25, 0.3) is 5.91 Å². The molecule has 0 atom stereocenters. The van der Waals surface area contributed by atoms with Crippen molar-refractivity contribution in [1.29, 1.82) is 0 Å². The summed E-state index contributed by atoms with van der Waals surface area (Å²) in [5, 5.41) is 20.1. The molecule has 0 bridgehead atoms. The zero-order chi connectivity index (χ0) is 25.1. The van der Waals surface area contributed by atoms with Crippen molar-refractivity contribution in [2.75, 3.05) is 0 Å². The van der Waals surface area contributed by atoms with Crippen LogP contribution in [0.4, 0.5) is 0 Å². The van der Waals surface area contributed by atoms with Gasteiger partial charge in [0.05, 0.1) is 18.4 Å². The van der Waals surface area contributed by atoms with Gasteiger partial charge in [0.15, 0.2) is 0 Å². The van der Waals surface area contributed by atoms with Gasteiger partial charge in [-0.15, -0.1) is 0 Å². The summed E-state index contributed by atoms with van der Waals surface area (Å²) in [4.78, 5) is 44.5. The smallest absolute Gasteiger partial charge is 0.335 e. The third-order valence-electron chi connectivity index (χ3n) is 5.36. The largest absolute Gasteiger partial charge is 0.481 e. The fourth-order valence-electron chi connectivity index (χ4n) is 3.42. The van der Waals surface area contributed by atoms with Gasteiger partial charge in [-0.3, -0.25) is 19.7 Å². The Morgan fingerprint density at radius 2 is 1.42 bits per heavy atom. The first-order chi connectivity index (χ1) is 15.1. The predicted octanol–water partition coefficient (Wildman–Crippen LogP) is 4.11. The molecule has 7 nitrogen and oxygen atoms in total. The molecule has 3 N–H and O–H groups in total. The van der Waals surface area contributed by atoms with Gasteiger partial charge in [0.2, 0.25) is 5.91 Å². The Bertz CT molecular complexity index is 1100. The molecule has 2 amide bonds. The van der Waals surface area contributed by atoms with Crippen molar-refractivity contribution < 1.29 is 29.4 Å². The van der Waals surface area contributed by atoms with Crippen molar-refractivity contribution in [3.05, 3.63) is 69.8 Å². The van der Waals surface area contributed by atoms with Crippen molar-refractivity contribution in [2.24, 2.45) is 0 Å². The second kappa shape index (κ2) is 9.57. The third kappa shape index (κ3) is 6.75. The minimum absolute atomic E-state index is 0.0337. The molecule has 1 aliphatic rings. The van der Waals surface area contributed by atoms with Gasteiger partial charge in [0.1, 0.15) is 0 Å². The Balaban J connectivity index is 0.000000234. The molecule has 0 spiro atoms. The van der Waals surface area contributed by atoms with E-state index in [0.717, 1.165) is 16.7 Å². The summed E-state index contributed by atoms with van der Waals surface area (Å²) in [6.45, 7) is 12.3. The molecule has 3 rings (SSSR count). The zero-order valence-electron chi connectivity index (χ0n) is 19.9. The monoisotopic (exact) mass is 453 g/mol. The number of hydrogen-bond donors (Lipinski definition) is 3. The number of aromatic carboxylic acids is 1. The van der Waals surface area contributed by atoms with Gasteiger partial charge in [-0.05, 0) is 45.2 Å². The maximum Gasteiger partial charge on any atom is 0.335 e. The van der Waals surface area contributed by atoms with E-state index in [1.54, 1.807) is 18.2 Å². The molecule has 1 aliphatic heterocycles. The van der Waals surface area contributed by atoms with Gasteiger partial charge in [0, 0.05) is 5.56 Å². The van der Waals surface area contributed by atoms with E-state index in [0.29, 0.717) is 17.5 Å². The first-order valence-corrected chi connectivity index (χ1v) is 10.7. The minimum atomic E-state index is -1.10. The highest BCUT2D eigenvalue weighted by molar-refractivity contribution is 6.09. The molecule has 33 heavy (non-hydrogen) atoms. The Hall–Kier alpha value is -3.48. The lowest BCUT2D eigenvalue weighted by Crippen LogP contribution is -2.37. The van der Waals surface area contributed by atoms with Crippen LogP contribution in [0.5, 0.6) is 0 Å². The summed E-state index contributed by atoms with van der Waals surface area (Å²) in [7, 11) is 0. The number of carbonyl (C=O) groups is 4. The molecule has 7 heteroatoms. The Kier molecular flexibility index (Phi) is 7.47. The van der Waals surface area contributed by atoms with E-state index >= 15 is 0 Å². The maximum absolute atomic E-state index is 11.5. The normalized spacial score (nSPS) is 13.4. The molecule has 0 radical (unpaired) electrons. The number of benzene rings is 2. The lowest BCUT2D eigenvalue weighted by molar-refractivity contribution is -0.136. The Morgan fingerprint density at radius 3 is 1.94 bits per heavy atom. The summed E-state index contributed by atoms with van der Waals surface area (Å²) in [6, 6.07) is 10.6. The van der Waals surface area contributed by atoms with Crippen LogP contribution in [0.3, 0.4) is 0 Å². The van der Waals surface area contributed by atoms with Crippen molar-refractivity contribution in [3.8, 4) is 0 Å². The second-order valence-electron chi connectivity index (χ2n) is 10.2. The van der Waals surface area contributed by atoms with Crippen molar-refractivity contribution >= 4 is 23.8 Å². The highest BCUT2D eigenvalue weighted by atomic mass is 16.4. The molecule has 0 saturated heterocycles. The van der Waals surface area contributed by atoms with E-state index in [-0.39, 0.29) is 34.6 Å². The van der Waals surface area contributed by atoms with Crippen LogP contribution >= 0.6 is 0 Å². The van der Waals surface area contributed by atoms with Crippen LogP contribution in [0.15, 0.2) is 36.4 Å². The van der Waals surface area contributed by atoms with Gasteiger partial charge in [-0.1, -0.05) is 65.8 Å². The molecule has 2 aromatic carbocycles. The number of rotatable bonds is 3. The molecular weight excluding hydrogens is 422 g/mol. The Labute approximate surface area is 193 Å². The van der Waals surface area contributed by atoms with Crippen molar-refractivity contribution in [2.45, 2.75) is 65.2 Å². The third-order valence-corrected chi connectivity index (χ3v) is 5.36. The van der Waals surface area contributed by atoms with E-state index in [9.17, 15) is 19.2 Å². The van der Waals surface area contributed by atoms with E-state index < -0.39 is 11.9 Å². The maximum atomic E-state index is 11.5. The second-order valence-corrected chi connectivity index (χ2v) is 10.2. The lowest BCUT2D eigenvalue weighted by Gasteiger charge is -2.22. The number of imide groups is 1. The minimum Gasteiger partial charge on any atom is -0.481 e. The lowest BCUT2D eigenvalue weighted by atomic mass is 9.84.